The first-order chi connectivity index (χ1) is 15.0. The fourth-order valence-corrected chi connectivity index (χ4v) is 5.29. The van der Waals surface area contributed by atoms with E-state index in [1.54, 1.807) is 28.5 Å². The second kappa shape index (κ2) is 9.70. The molecule has 0 aliphatic carbocycles. The number of hydrogen-bond donors (Lipinski definition) is 1. The van der Waals surface area contributed by atoms with Crippen LogP contribution >= 0.6 is 23.5 Å². The van der Waals surface area contributed by atoms with E-state index in [2.05, 4.69) is 12.2 Å². The fraction of sp³-hybridized carbons (Fsp3) is 0.261. The van der Waals surface area contributed by atoms with Gasteiger partial charge in [-0.05, 0) is 23.3 Å². The molecule has 0 radical (unpaired) electrons. The highest BCUT2D eigenvalue weighted by Gasteiger charge is 2.26. The second-order valence-electron chi connectivity index (χ2n) is 7.37. The maximum atomic E-state index is 13.2. The minimum absolute atomic E-state index is 0.0441. The van der Waals surface area contributed by atoms with Crippen LogP contribution in [0.4, 0.5) is 4.39 Å². The Bertz CT molecular complexity index is 1130. The topological polar surface area (TPSA) is 64.0 Å². The molecule has 3 aromatic rings. The van der Waals surface area contributed by atoms with Gasteiger partial charge in [0, 0.05) is 18.2 Å². The normalized spacial score (nSPS) is 15.0. The SMILES string of the molecule is CC1Cc2nc(SCC(=O)NCc3ccc(F)cc3)n(Cc3ccccc3)c(=O)c2S1. The number of hydrogen-bond acceptors (Lipinski definition) is 5. The molecule has 1 unspecified atom stereocenters. The number of nitrogens with one attached hydrogen (secondary N) is 1. The largest absolute Gasteiger partial charge is 0.351 e. The first-order valence-corrected chi connectivity index (χ1v) is 11.8. The molecule has 0 bridgehead atoms. The zero-order valence-corrected chi connectivity index (χ0v) is 18.6. The monoisotopic (exact) mass is 455 g/mol. The third-order valence-electron chi connectivity index (χ3n) is 4.88. The highest BCUT2D eigenvalue weighted by atomic mass is 32.2. The number of thioether (sulfide) groups is 2. The van der Waals surface area contributed by atoms with Crippen molar-refractivity contribution in [3.05, 3.63) is 87.6 Å². The van der Waals surface area contributed by atoms with Crippen molar-refractivity contribution in [1.82, 2.24) is 14.9 Å². The van der Waals surface area contributed by atoms with E-state index in [-0.39, 0.29) is 23.0 Å². The summed E-state index contributed by atoms with van der Waals surface area (Å²) in [4.78, 5) is 31.0. The first kappa shape index (κ1) is 21.6. The summed E-state index contributed by atoms with van der Waals surface area (Å²) < 4.78 is 14.7. The second-order valence-corrected chi connectivity index (χ2v) is 9.76. The number of benzene rings is 2. The Labute approximate surface area is 188 Å². The van der Waals surface area contributed by atoms with Crippen LogP contribution in [0.3, 0.4) is 0 Å². The van der Waals surface area contributed by atoms with Gasteiger partial charge in [0.15, 0.2) is 5.16 Å². The number of nitrogens with zero attached hydrogens (tertiary/aromatic N) is 2. The van der Waals surface area contributed by atoms with E-state index in [1.807, 2.05) is 30.3 Å². The number of rotatable bonds is 7. The molecule has 1 N–H and O–H groups in total. The maximum absolute atomic E-state index is 13.2. The minimum Gasteiger partial charge on any atom is -0.351 e. The van der Waals surface area contributed by atoms with E-state index in [0.717, 1.165) is 23.2 Å². The molecule has 0 saturated heterocycles. The van der Waals surface area contributed by atoms with Crippen molar-refractivity contribution in [3.63, 3.8) is 0 Å². The molecule has 1 aliphatic rings. The third-order valence-corrected chi connectivity index (χ3v) is 7.07. The van der Waals surface area contributed by atoms with Gasteiger partial charge in [0.25, 0.3) is 5.56 Å². The van der Waals surface area contributed by atoms with Gasteiger partial charge < -0.3 is 5.32 Å². The molecule has 4 rings (SSSR count). The van der Waals surface area contributed by atoms with Crippen molar-refractivity contribution in [2.45, 2.75) is 41.7 Å². The quantitative estimate of drug-likeness (QED) is 0.433. The van der Waals surface area contributed by atoms with Gasteiger partial charge in [0.1, 0.15) is 5.82 Å². The van der Waals surface area contributed by atoms with E-state index in [1.165, 1.54) is 23.9 Å². The summed E-state index contributed by atoms with van der Waals surface area (Å²) in [6.07, 6.45) is 0.756. The van der Waals surface area contributed by atoms with Crippen LogP contribution in [0.5, 0.6) is 0 Å². The van der Waals surface area contributed by atoms with Crippen molar-refractivity contribution in [2.24, 2.45) is 0 Å². The van der Waals surface area contributed by atoms with Gasteiger partial charge >= 0.3 is 0 Å². The predicted octanol–water partition coefficient (Wildman–Crippen LogP) is 3.88. The molecule has 1 aromatic heterocycles. The van der Waals surface area contributed by atoms with Crippen molar-refractivity contribution >= 4 is 29.4 Å². The van der Waals surface area contributed by atoms with Crippen LogP contribution in [0.1, 0.15) is 23.7 Å². The van der Waals surface area contributed by atoms with Gasteiger partial charge in [-0.15, -0.1) is 11.8 Å². The maximum Gasteiger partial charge on any atom is 0.268 e. The molecule has 1 aliphatic heterocycles. The van der Waals surface area contributed by atoms with Crippen LogP contribution in [-0.4, -0.2) is 26.5 Å². The van der Waals surface area contributed by atoms with Gasteiger partial charge in [-0.3, -0.25) is 14.2 Å². The Hall–Kier alpha value is -2.58. The number of amides is 1. The van der Waals surface area contributed by atoms with Gasteiger partial charge in [0.2, 0.25) is 5.91 Å². The first-order valence-electron chi connectivity index (χ1n) is 9.98. The summed E-state index contributed by atoms with van der Waals surface area (Å²) in [5.41, 5.74) is 2.60. The Kier molecular flexibility index (Phi) is 6.77. The molecular weight excluding hydrogens is 433 g/mol. The van der Waals surface area contributed by atoms with Crippen LogP contribution in [-0.2, 0) is 24.3 Å². The van der Waals surface area contributed by atoms with Crippen LogP contribution in [0.25, 0.3) is 0 Å². The highest BCUT2D eigenvalue weighted by molar-refractivity contribution is 8.00. The molecule has 8 heteroatoms. The Morgan fingerprint density at radius 2 is 1.94 bits per heavy atom. The van der Waals surface area contributed by atoms with Gasteiger partial charge in [-0.25, -0.2) is 9.37 Å². The van der Waals surface area contributed by atoms with Crippen molar-refractivity contribution in [2.75, 3.05) is 5.75 Å². The number of carbonyl (C=O) groups is 1. The van der Waals surface area contributed by atoms with Crippen LogP contribution in [0, 0.1) is 5.82 Å². The molecule has 0 spiro atoms. The lowest BCUT2D eigenvalue weighted by atomic mass is 10.2. The molecule has 1 atom stereocenters. The number of carbonyl (C=O) groups excluding carboxylic acids is 1. The smallest absolute Gasteiger partial charge is 0.268 e. The van der Waals surface area contributed by atoms with Crippen LogP contribution in [0.15, 0.2) is 69.4 Å². The molecule has 1 amide bonds. The van der Waals surface area contributed by atoms with Gasteiger partial charge in [-0.2, -0.15) is 0 Å². The fourth-order valence-electron chi connectivity index (χ4n) is 3.33. The number of fused-ring (bicyclic) bond motifs is 1. The van der Waals surface area contributed by atoms with Gasteiger partial charge in [0.05, 0.1) is 22.9 Å². The Balaban J connectivity index is 1.49. The van der Waals surface area contributed by atoms with E-state index in [9.17, 15) is 14.0 Å². The molecule has 2 heterocycles. The van der Waals surface area contributed by atoms with Crippen molar-refractivity contribution in [1.29, 1.82) is 0 Å². The van der Waals surface area contributed by atoms with E-state index >= 15 is 0 Å². The zero-order chi connectivity index (χ0) is 21.8. The summed E-state index contributed by atoms with van der Waals surface area (Å²) in [7, 11) is 0. The molecule has 31 heavy (non-hydrogen) atoms. The van der Waals surface area contributed by atoms with E-state index < -0.39 is 0 Å². The summed E-state index contributed by atoms with van der Waals surface area (Å²) in [5, 5.41) is 3.70. The van der Waals surface area contributed by atoms with Crippen molar-refractivity contribution < 1.29 is 9.18 Å². The van der Waals surface area contributed by atoms with Gasteiger partial charge in [-0.1, -0.05) is 61.2 Å². The number of aromatic nitrogens is 2. The summed E-state index contributed by atoms with van der Waals surface area (Å²) >= 11 is 2.84. The zero-order valence-electron chi connectivity index (χ0n) is 17.0. The predicted molar refractivity (Wildman–Crippen MR) is 122 cm³/mol. The Morgan fingerprint density at radius 3 is 2.68 bits per heavy atom. The average molecular weight is 456 g/mol. The molecule has 0 saturated carbocycles. The van der Waals surface area contributed by atoms with Crippen LogP contribution in [0.2, 0.25) is 0 Å². The Morgan fingerprint density at radius 1 is 1.19 bits per heavy atom. The summed E-state index contributed by atoms with van der Waals surface area (Å²) in [6, 6.07) is 15.8. The lowest BCUT2D eigenvalue weighted by molar-refractivity contribution is -0.118. The van der Waals surface area contributed by atoms with Crippen LogP contribution < -0.4 is 10.9 Å². The average Bonchev–Trinajstić information content (AvgIpc) is 3.15. The van der Waals surface area contributed by atoms with E-state index in [0.29, 0.717) is 28.4 Å². The summed E-state index contributed by atoms with van der Waals surface area (Å²) in [5.74, 6) is -0.334. The highest BCUT2D eigenvalue weighted by Crippen LogP contribution is 2.34. The molecular formula is C23H22FN3O2S2. The summed E-state index contributed by atoms with van der Waals surface area (Å²) in [6.45, 7) is 2.82. The lowest BCUT2D eigenvalue weighted by Crippen LogP contribution is -2.28. The standard InChI is InChI=1S/C23H22FN3O2S2/c1-15-11-19-21(31-15)22(29)27(13-17-5-3-2-4-6-17)23(26-19)30-14-20(28)25-12-16-7-9-18(24)10-8-16/h2-10,15H,11-14H2,1H3,(H,25,28). The molecule has 160 valence electrons. The van der Waals surface area contributed by atoms with E-state index in [4.69, 9.17) is 4.98 Å². The molecule has 0 fully saturated rings. The van der Waals surface area contributed by atoms with Crippen molar-refractivity contribution in [3.8, 4) is 0 Å². The molecule has 5 nitrogen and oxygen atoms in total. The minimum atomic E-state index is -0.308. The molecule has 2 aromatic carbocycles. The number of halogens is 1. The lowest BCUT2D eigenvalue weighted by Gasteiger charge is -2.14. The third kappa shape index (κ3) is 5.37.